The Morgan fingerprint density at radius 2 is 1.23 bits per heavy atom. The predicted octanol–water partition coefficient (Wildman–Crippen LogP) is 2.88. The number of rotatable bonds is 4. The summed E-state index contributed by atoms with van der Waals surface area (Å²) in [6.07, 6.45) is 0.643. The summed E-state index contributed by atoms with van der Waals surface area (Å²) in [5, 5.41) is 1.00. The van der Waals surface area contributed by atoms with E-state index in [1.165, 1.54) is 0 Å². The highest BCUT2D eigenvalue weighted by Gasteiger charge is 2.07. The smallest absolute Gasteiger partial charge is 0.168 e. The van der Waals surface area contributed by atoms with E-state index in [1.807, 2.05) is 27.7 Å². The second-order valence-corrected chi connectivity index (χ2v) is 4.16. The molecular weight excluding hydrogens is 204 g/mol. The number of thiocarbonyl (C=S) groups is 2. The predicted molar refractivity (Wildman–Crippen MR) is 62.3 cm³/mol. The molecule has 0 N–H and O–H groups in total. The van der Waals surface area contributed by atoms with E-state index in [9.17, 15) is 0 Å². The molecule has 0 rings (SSSR count). The number of ether oxygens (including phenoxy) is 2. The van der Waals surface area contributed by atoms with Crippen LogP contribution in [-0.2, 0) is 9.47 Å². The molecule has 0 aliphatic rings. The van der Waals surface area contributed by atoms with Crippen molar-refractivity contribution in [3.63, 3.8) is 0 Å². The van der Waals surface area contributed by atoms with Crippen molar-refractivity contribution in [3.8, 4) is 0 Å². The van der Waals surface area contributed by atoms with Crippen molar-refractivity contribution in [2.24, 2.45) is 0 Å². The van der Waals surface area contributed by atoms with Gasteiger partial charge in [-0.15, -0.1) is 0 Å². The van der Waals surface area contributed by atoms with Gasteiger partial charge in [0, 0.05) is 0 Å². The molecule has 0 amide bonds. The molecule has 0 heterocycles. The zero-order valence-electron chi connectivity index (χ0n) is 8.49. The van der Waals surface area contributed by atoms with Crippen LogP contribution in [0.5, 0.6) is 0 Å². The molecule has 0 aliphatic heterocycles. The topological polar surface area (TPSA) is 18.5 Å². The Labute approximate surface area is 90.6 Å². The van der Waals surface area contributed by atoms with Crippen LogP contribution in [-0.4, -0.2) is 22.3 Å². The van der Waals surface area contributed by atoms with Gasteiger partial charge < -0.3 is 9.47 Å². The Hall–Kier alpha value is -0.220. The van der Waals surface area contributed by atoms with Crippen LogP contribution < -0.4 is 0 Å². The van der Waals surface area contributed by atoms with Gasteiger partial charge in [0.2, 0.25) is 0 Å². The zero-order valence-corrected chi connectivity index (χ0v) is 10.1. The molecule has 0 spiro atoms. The lowest BCUT2D eigenvalue weighted by Gasteiger charge is -2.13. The molecule has 0 radical (unpaired) electrons. The molecule has 0 bridgehead atoms. The van der Waals surface area contributed by atoms with Crippen molar-refractivity contribution in [3.05, 3.63) is 0 Å². The van der Waals surface area contributed by atoms with Crippen molar-refractivity contribution in [2.45, 2.75) is 46.3 Å². The van der Waals surface area contributed by atoms with Crippen molar-refractivity contribution in [2.75, 3.05) is 0 Å². The van der Waals surface area contributed by atoms with Gasteiger partial charge in [-0.3, -0.25) is 0 Å². The third-order valence-corrected chi connectivity index (χ3v) is 1.50. The molecule has 0 aromatic heterocycles. The van der Waals surface area contributed by atoms with Crippen LogP contribution in [0.4, 0.5) is 0 Å². The van der Waals surface area contributed by atoms with Gasteiger partial charge in [-0.25, -0.2) is 0 Å². The Morgan fingerprint density at radius 3 is 1.46 bits per heavy atom. The summed E-state index contributed by atoms with van der Waals surface area (Å²) in [6, 6.07) is 0. The molecule has 0 saturated carbocycles. The van der Waals surface area contributed by atoms with E-state index in [4.69, 9.17) is 33.9 Å². The first-order valence-corrected chi connectivity index (χ1v) is 5.12. The van der Waals surface area contributed by atoms with Crippen LogP contribution in [0.25, 0.3) is 0 Å². The van der Waals surface area contributed by atoms with Gasteiger partial charge in [0.25, 0.3) is 0 Å². The van der Waals surface area contributed by atoms with Gasteiger partial charge in [0.15, 0.2) is 10.1 Å². The summed E-state index contributed by atoms with van der Waals surface area (Å²) in [5.41, 5.74) is 0. The lowest BCUT2D eigenvalue weighted by Crippen LogP contribution is -2.16. The summed E-state index contributed by atoms with van der Waals surface area (Å²) < 4.78 is 10.5. The quantitative estimate of drug-likeness (QED) is 0.678. The summed E-state index contributed by atoms with van der Waals surface area (Å²) in [6.45, 7) is 7.72. The lowest BCUT2D eigenvalue weighted by molar-refractivity contribution is 0.217. The highest BCUT2D eigenvalue weighted by molar-refractivity contribution is 7.81. The lowest BCUT2D eigenvalue weighted by atomic mass is 10.4. The van der Waals surface area contributed by atoms with Crippen LogP contribution in [0.3, 0.4) is 0 Å². The van der Waals surface area contributed by atoms with Crippen molar-refractivity contribution < 1.29 is 9.47 Å². The van der Waals surface area contributed by atoms with E-state index in [0.717, 1.165) is 0 Å². The summed E-state index contributed by atoms with van der Waals surface area (Å²) >= 11 is 9.94. The Balaban J connectivity index is 3.72. The molecule has 0 aromatic rings. The SMILES string of the molecule is CC(C)OC(=S)CC(=S)OC(C)C. The molecule has 13 heavy (non-hydrogen) atoms. The zero-order chi connectivity index (χ0) is 10.4. The van der Waals surface area contributed by atoms with E-state index in [2.05, 4.69) is 0 Å². The minimum Gasteiger partial charge on any atom is -0.484 e. The molecular formula is C9H16O2S2. The molecule has 4 heteroatoms. The third-order valence-electron chi connectivity index (χ3n) is 1.02. The van der Waals surface area contributed by atoms with E-state index in [-0.39, 0.29) is 12.2 Å². The number of hydrogen-bond donors (Lipinski definition) is 0. The highest BCUT2D eigenvalue weighted by atomic mass is 32.1. The molecule has 0 unspecified atom stereocenters. The molecule has 0 aliphatic carbocycles. The van der Waals surface area contributed by atoms with E-state index in [1.54, 1.807) is 0 Å². The molecule has 76 valence electrons. The minimum absolute atomic E-state index is 0.106. The van der Waals surface area contributed by atoms with Crippen LogP contribution in [0.15, 0.2) is 0 Å². The first kappa shape index (κ1) is 12.8. The summed E-state index contributed by atoms with van der Waals surface area (Å²) in [7, 11) is 0. The van der Waals surface area contributed by atoms with E-state index in [0.29, 0.717) is 16.5 Å². The Kier molecular flexibility index (Phi) is 6.16. The first-order chi connectivity index (χ1) is 5.91. The second kappa shape index (κ2) is 6.27. The van der Waals surface area contributed by atoms with Gasteiger partial charge >= 0.3 is 0 Å². The molecule has 0 fully saturated rings. The third kappa shape index (κ3) is 8.12. The molecule has 2 nitrogen and oxygen atoms in total. The van der Waals surface area contributed by atoms with Gasteiger partial charge in [-0.2, -0.15) is 0 Å². The van der Waals surface area contributed by atoms with Gasteiger partial charge in [0.1, 0.15) is 0 Å². The average Bonchev–Trinajstić information content (AvgIpc) is 1.80. The fourth-order valence-electron chi connectivity index (χ4n) is 0.727. The number of hydrogen-bond acceptors (Lipinski definition) is 4. The van der Waals surface area contributed by atoms with Gasteiger partial charge in [-0.05, 0) is 52.1 Å². The van der Waals surface area contributed by atoms with Crippen molar-refractivity contribution >= 4 is 34.5 Å². The molecule has 0 atom stereocenters. The Bertz CT molecular complexity index is 168. The van der Waals surface area contributed by atoms with Gasteiger partial charge in [-0.1, -0.05) is 0 Å². The maximum atomic E-state index is 5.27. The monoisotopic (exact) mass is 220 g/mol. The van der Waals surface area contributed by atoms with Gasteiger partial charge in [0.05, 0.1) is 18.6 Å². The minimum atomic E-state index is 0.106. The molecule has 0 saturated heterocycles. The normalized spacial score (nSPS) is 10.3. The summed E-state index contributed by atoms with van der Waals surface area (Å²) in [4.78, 5) is 0. The molecule has 0 aromatic carbocycles. The summed E-state index contributed by atoms with van der Waals surface area (Å²) in [5.74, 6) is 0. The Morgan fingerprint density at radius 1 is 0.923 bits per heavy atom. The second-order valence-electron chi connectivity index (χ2n) is 3.25. The first-order valence-electron chi connectivity index (χ1n) is 4.30. The maximum Gasteiger partial charge on any atom is 0.168 e. The fourth-order valence-corrected chi connectivity index (χ4v) is 1.47. The maximum absolute atomic E-state index is 5.27. The van der Waals surface area contributed by atoms with E-state index < -0.39 is 0 Å². The van der Waals surface area contributed by atoms with Crippen LogP contribution in [0.2, 0.25) is 0 Å². The van der Waals surface area contributed by atoms with Crippen LogP contribution in [0, 0.1) is 0 Å². The van der Waals surface area contributed by atoms with Crippen LogP contribution in [0.1, 0.15) is 34.1 Å². The largest absolute Gasteiger partial charge is 0.484 e. The average molecular weight is 220 g/mol. The van der Waals surface area contributed by atoms with E-state index >= 15 is 0 Å². The van der Waals surface area contributed by atoms with Crippen molar-refractivity contribution in [1.82, 2.24) is 0 Å². The highest BCUT2D eigenvalue weighted by Crippen LogP contribution is 2.01. The standard InChI is InChI=1S/C9H16O2S2/c1-6(2)10-8(12)5-9(13)11-7(3)4/h6-7H,5H2,1-4H3. The van der Waals surface area contributed by atoms with Crippen LogP contribution >= 0.6 is 24.4 Å². The fraction of sp³-hybridized carbons (Fsp3) is 0.778. The van der Waals surface area contributed by atoms with Crippen molar-refractivity contribution in [1.29, 1.82) is 0 Å².